The Kier molecular flexibility index (Phi) is 3.52. The van der Waals surface area contributed by atoms with Crippen molar-refractivity contribution in [2.45, 2.75) is 19.9 Å². The highest BCUT2D eigenvalue weighted by Gasteiger charge is 2.05. The minimum atomic E-state index is -1.05. The molecule has 7 nitrogen and oxygen atoms in total. The average Bonchev–Trinajstić information content (AvgIpc) is 2.84. The molecule has 0 saturated carbocycles. The van der Waals surface area contributed by atoms with Crippen LogP contribution in [0.2, 0.25) is 0 Å². The third-order valence-corrected chi connectivity index (χ3v) is 2.30. The Morgan fingerprint density at radius 2 is 2.28 bits per heavy atom. The SMILES string of the molecule is CCc1n[nH]c(CNc2cccc(C(=O)O)n2)n1. The van der Waals surface area contributed by atoms with Gasteiger partial charge < -0.3 is 10.4 Å². The Labute approximate surface area is 103 Å². The first-order valence-corrected chi connectivity index (χ1v) is 5.53. The van der Waals surface area contributed by atoms with Gasteiger partial charge in [-0.1, -0.05) is 13.0 Å². The number of hydrogen-bond acceptors (Lipinski definition) is 5. The van der Waals surface area contributed by atoms with Crippen molar-refractivity contribution >= 4 is 11.8 Å². The summed E-state index contributed by atoms with van der Waals surface area (Å²) in [5, 5.41) is 18.6. The van der Waals surface area contributed by atoms with E-state index in [2.05, 4.69) is 25.5 Å². The average molecular weight is 247 g/mol. The van der Waals surface area contributed by atoms with E-state index in [1.807, 2.05) is 6.92 Å². The zero-order valence-electron chi connectivity index (χ0n) is 9.84. The van der Waals surface area contributed by atoms with Crippen molar-refractivity contribution < 1.29 is 9.90 Å². The van der Waals surface area contributed by atoms with Crippen molar-refractivity contribution in [1.82, 2.24) is 20.2 Å². The van der Waals surface area contributed by atoms with Crippen LogP contribution in [-0.4, -0.2) is 31.2 Å². The predicted octanol–water partition coefficient (Wildman–Crippen LogP) is 1.07. The fourth-order valence-corrected chi connectivity index (χ4v) is 1.40. The summed E-state index contributed by atoms with van der Waals surface area (Å²) in [5.41, 5.74) is 0.00631. The smallest absolute Gasteiger partial charge is 0.354 e. The van der Waals surface area contributed by atoms with Crippen molar-refractivity contribution in [3.05, 3.63) is 35.5 Å². The summed E-state index contributed by atoms with van der Waals surface area (Å²) in [5.74, 6) is 0.879. The maximum absolute atomic E-state index is 10.8. The first-order chi connectivity index (χ1) is 8.69. The van der Waals surface area contributed by atoms with E-state index in [-0.39, 0.29) is 5.69 Å². The summed E-state index contributed by atoms with van der Waals surface area (Å²) in [6, 6.07) is 4.78. The van der Waals surface area contributed by atoms with Crippen molar-refractivity contribution in [1.29, 1.82) is 0 Å². The van der Waals surface area contributed by atoms with E-state index in [0.29, 0.717) is 18.2 Å². The molecule has 0 saturated heterocycles. The van der Waals surface area contributed by atoms with Crippen molar-refractivity contribution in [3.8, 4) is 0 Å². The first-order valence-electron chi connectivity index (χ1n) is 5.53. The molecule has 0 fully saturated rings. The van der Waals surface area contributed by atoms with Gasteiger partial charge in [0.05, 0.1) is 6.54 Å². The van der Waals surface area contributed by atoms with Crippen LogP contribution >= 0.6 is 0 Å². The Hall–Kier alpha value is -2.44. The van der Waals surface area contributed by atoms with Crippen LogP contribution in [0.25, 0.3) is 0 Å². The predicted molar refractivity (Wildman–Crippen MR) is 64.3 cm³/mol. The molecule has 0 aliphatic rings. The maximum atomic E-state index is 10.8. The van der Waals surface area contributed by atoms with Crippen molar-refractivity contribution in [3.63, 3.8) is 0 Å². The van der Waals surface area contributed by atoms with Gasteiger partial charge >= 0.3 is 5.97 Å². The Morgan fingerprint density at radius 1 is 1.44 bits per heavy atom. The lowest BCUT2D eigenvalue weighted by Crippen LogP contribution is -2.06. The normalized spacial score (nSPS) is 10.3. The third kappa shape index (κ3) is 2.82. The van der Waals surface area contributed by atoms with Crippen LogP contribution in [0.3, 0.4) is 0 Å². The highest BCUT2D eigenvalue weighted by Crippen LogP contribution is 2.06. The molecular formula is C11H13N5O2. The number of aromatic carboxylic acids is 1. The van der Waals surface area contributed by atoms with Gasteiger partial charge in [-0.3, -0.25) is 5.10 Å². The molecule has 0 bridgehead atoms. The highest BCUT2D eigenvalue weighted by atomic mass is 16.4. The molecule has 2 heterocycles. The quantitative estimate of drug-likeness (QED) is 0.730. The van der Waals surface area contributed by atoms with Crippen LogP contribution in [0, 0.1) is 0 Å². The number of rotatable bonds is 5. The number of nitrogens with one attached hydrogen (secondary N) is 2. The number of aromatic amines is 1. The molecule has 7 heteroatoms. The number of carboxylic acid groups (broad SMARTS) is 1. The molecule has 0 radical (unpaired) electrons. The lowest BCUT2D eigenvalue weighted by molar-refractivity contribution is 0.0690. The van der Waals surface area contributed by atoms with Crippen LogP contribution in [-0.2, 0) is 13.0 Å². The summed E-state index contributed by atoms with van der Waals surface area (Å²) in [7, 11) is 0. The highest BCUT2D eigenvalue weighted by molar-refractivity contribution is 5.85. The molecule has 18 heavy (non-hydrogen) atoms. The molecule has 0 aliphatic carbocycles. The van der Waals surface area contributed by atoms with Crippen LogP contribution in [0.15, 0.2) is 18.2 Å². The van der Waals surface area contributed by atoms with E-state index < -0.39 is 5.97 Å². The number of hydrogen-bond donors (Lipinski definition) is 3. The number of anilines is 1. The number of nitrogens with zero attached hydrogens (tertiary/aromatic N) is 3. The van der Waals surface area contributed by atoms with Crippen LogP contribution < -0.4 is 5.32 Å². The summed E-state index contributed by atoms with van der Waals surface area (Å²) < 4.78 is 0. The van der Waals surface area contributed by atoms with Gasteiger partial charge in [-0.2, -0.15) is 5.10 Å². The van der Waals surface area contributed by atoms with E-state index >= 15 is 0 Å². The van der Waals surface area contributed by atoms with Crippen LogP contribution in [0.5, 0.6) is 0 Å². The lowest BCUT2D eigenvalue weighted by Gasteiger charge is -2.03. The monoisotopic (exact) mass is 247 g/mol. The molecule has 3 N–H and O–H groups in total. The molecular weight excluding hydrogens is 234 g/mol. The van der Waals surface area contributed by atoms with Crippen LogP contribution in [0.4, 0.5) is 5.82 Å². The molecule has 0 amide bonds. The van der Waals surface area contributed by atoms with Gasteiger partial charge in [0.1, 0.15) is 11.6 Å². The Bertz CT molecular complexity index is 552. The Balaban J connectivity index is 2.01. The van der Waals surface area contributed by atoms with E-state index in [1.54, 1.807) is 12.1 Å². The zero-order valence-corrected chi connectivity index (χ0v) is 9.84. The summed E-state index contributed by atoms with van der Waals surface area (Å²) in [4.78, 5) is 18.9. The first kappa shape index (κ1) is 12.0. The molecule has 2 aromatic rings. The number of aryl methyl sites for hydroxylation is 1. The van der Waals surface area contributed by atoms with Gasteiger partial charge in [0.2, 0.25) is 0 Å². The van der Waals surface area contributed by atoms with E-state index in [4.69, 9.17) is 5.11 Å². The van der Waals surface area contributed by atoms with Gasteiger partial charge in [-0.15, -0.1) is 0 Å². The third-order valence-electron chi connectivity index (χ3n) is 2.30. The topological polar surface area (TPSA) is 104 Å². The summed E-state index contributed by atoms with van der Waals surface area (Å²) in [6.07, 6.45) is 0.767. The van der Waals surface area contributed by atoms with E-state index in [1.165, 1.54) is 6.07 Å². The number of H-pyrrole nitrogens is 1. The van der Waals surface area contributed by atoms with Gasteiger partial charge in [0.25, 0.3) is 0 Å². The molecule has 0 aliphatic heterocycles. The summed E-state index contributed by atoms with van der Waals surface area (Å²) >= 11 is 0. The number of carboxylic acids is 1. The fraction of sp³-hybridized carbons (Fsp3) is 0.273. The number of aromatic nitrogens is 4. The van der Waals surface area contributed by atoms with Crippen LogP contribution in [0.1, 0.15) is 29.1 Å². The minimum Gasteiger partial charge on any atom is -0.477 e. The number of pyridine rings is 1. The van der Waals surface area contributed by atoms with Crippen molar-refractivity contribution in [2.75, 3.05) is 5.32 Å². The minimum absolute atomic E-state index is 0.00631. The molecule has 2 aromatic heterocycles. The largest absolute Gasteiger partial charge is 0.477 e. The number of carbonyl (C=O) groups is 1. The molecule has 0 aromatic carbocycles. The molecule has 0 unspecified atom stereocenters. The van der Waals surface area contributed by atoms with E-state index in [0.717, 1.165) is 12.2 Å². The lowest BCUT2D eigenvalue weighted by atomic mass is 10.3. The van der Waals surface area contributed by atoms with Crippen molar-refractivity contribution in [2.24, 2.45) is 0 Å². The molecule has 0 atom stereocenters. The van der Waals surface area contributed by atoms with Gasteiger partial charge in [0, 0.05) is 6.42 Å². The fourth-order valence-electron chi connectivity index (χ4n) is 1.40. The molecule has 0 spiro atoms. The van der Waals surface area contributed by atoms with Gasteiger partial charge in [0.15, 0.2) is 11.5 Å². The summed E-state index contributed by atoms with van der Waals surface area (Å²) in [6.45, 7) is 2.39. The zero-order chi connectivity index (χ0) is 13.0. The second-order valence-corrected chi connectivity index (χ2v) is 3.62. The van der Waals surface area contributed by atoms with Gasteiger partial charge in [-0.25, -0.2) is 14.8 Å². The second kappa shape index (κ2) is 5.26. The molecule has 94 valence electrons. The molecule has 2 rings (SSSR count). The standard InChI is InChI=1S/C11H13N5O2/c1-2-8-14-10(16-15-8)6-12-9-5-3-4-7(13-9)11(17)18/h3-5H,2,6H2,1H3,(H,12,13)(H,17,18)(H,14,15,16). The van der Waals surface area contributed by atoms with E-state index in [9.17, 15) is 4.79 Å². The van der Waals surface area contributed by atoms with Gasteiger partial charge in [-0.05, 0) is 12.1 Å². The maximum Gasteiger partial charge on any atom is 0.354 e. The Morgan fingerprint density at radius 3 is 2.94 bits per heavy atom. The second-order valence-electron chi connectivity index (χ2n) is 3.62.